The van der Waals surface area contributed by atoms with Crippen LogP contribution in [-0.2, 0) is 25.8 Å². The fraction of sp³-hybridized carbons (Fsp3) is 0.513. The summed E-state index contributed by atoms with van der Waals surface area (Å²) in [4.78, 5) is 15.5. The van der Waals surface area contributed by atoms with Crippen LogP contribution in [0, 0.1) is 0 Å². The number of pyridine rings is 1. The second kappa shape index (κ2) is 14.1. The fourth-order valence-electron chi connectivity index (χ4n) is 6.77. The van der Waals surface area contributed by atoms with E-state index in [0.29, 0.717) is 48.7 Å². The van der Waals surface area contributed by atoms with E-state index in [1.54, 1.807) is 0 Å². The standard InChI is InChI=1S/C39H52N6O5S/c1-38(2,3)26-22-31(36(49-8)32(23-26)43-51(47,48)28-18-19-28)40-35(46)15-11-12-25-16-20-33(30-14-10-9-13-29(25)30)50-27-17-21-34-41-42-37(45(34)24-27)39(4,5)44(6)7/h9-10,13-14,17,21-25,28,33,43H,11-12,15-16,18-20H2,1-8H3,(H,40,46)/t25-,33+/m0/s1. The Hall–Kier alpha value is -4.16. The minimum atomic E-state index is -3.53. The number of nitrogens with one attached hydrogen (secondary N) is 2. The van der Waals surface area contributed by atoms with E-state index in [2.05, 4.69) is 84.0 Å². The molecule has 4 aromatic rings. The normalized spacial score (nSPS) is 18.1. The first-order chi connectivity index (χ1) is 24.1. The number of carbonyl (C=O) groups excluding carboxylic acids is 1. The Kier molecular flexibility index (Phi) is 10.1. The number of ether oxygens (including phenoxy) is 2. The summed E-state index contributed by atoms with van der Waals surface area (Å²) in [6.07, 6.45) is 6.90. The van der Waals surface area contributed by atoms with Crippen molar-refractivity contribution >= 4 is 33.0 Å². The number of anilines is 2. The van der Waals surface area contributed by atoms with Gasteiger partial charge in [0.2, 0.25) is 15.9 Å². The number of benzene rings is 2. The maximum absolute atomic E-state index is 13.4. The number of hydrogen-bond acceptors (Lipinski definition) is 8. The summed E-state index contributed by atoms with van der Waals surface area (Å²) in [6, 6.07) is 16.1. The van der Waals surface area contributed by atoms with E-state index in [1.807, 2.05) is 49.0 Å². The van der Waals surface area contributed by atoms with E-state index in [-0.39, 0.29) is 28.2 Å². The van der Waals surface area contributed by atoms with Crippen molar-refractivity contribution in [3.63, 3.8) is 0 Å². The molecule has 2 N–H and O–H groups in total. The van der Waals surface area contributed by atoms with Crippen LogP contribution in [0.2, 0.25) is 0 Å². The van der Waals surface area contributed by atoms with E-state index in [4.69, 9.17) is 9.47 Å². The summed E-state index contributed by atoms with van der Waals surface area (Å²) < 4.78 is 42.8. The first-order valence-electron chi connectivity index (χ1n) is 17.9. The smallest absolute Gasteiger partial charge is 0.235 e. The van der Waals surface area contributed by atoms with Crippen molar-refractivity contribution in [1.82, 2.24) is 19.5 Å². The third-order valence-electron chi connectivity index (χ3n) is 10.5. The lowest BCUT2D eigenvalue weighted by Crippen LogP contribution is -2.37. The first-order valence-corrected chi connectivity index (χ1v) is 19.5. The van der Waals surface area contributed by atoms with Crippen LogP contribution in [0.5, 0.6) is 11.5 Å². The number of methoxy groups -OCH3 is 1. The van der Waals surface area contributed by atoms with Gasteiger partial charge in [-0.05, 0) is 119 Å². The zero-order valence-corrected chi connectivity index (χ0v) is 31.9. The van der Waals surface area contributed by atoms with E-state index >= 15 is 0 Å². The highest BCUT2D eigenvalue weighted by Gasteiger charge is 2.37. The highest BCUT2D eigenvalue weighted by molar-refractivity contribution is 7.93. The summed E-state index contributed by atoms with van der Waals surface area (Å²) in [7, 11) is 2.03. The van der Waals surface area contributed by atoms with Gasteiger partial charge in [-0.3, -0.25) is 18.8 Å². The third kappa shape index (κ3) is 7.86. The molecule has 2 heterocycles. The molecule has 2 aliphatic rings. The van der Waals surface area contributed by atoms with Gasteiger partial charge in [0, 0.05) is 6.42 Å². The summed E-state index contributed by atoms with van der Waals surface area (Å²) in [5.74, 6) is 2.10. The average molecular weight is 717 g/mol. The highest BCUT2D eigenvalue weighted by Crippen LogP contribution is 2.43. The Bertz CT molecular complexity index is 2010. The maximum Gasteiger partial charge on any atom is 0.235 e. The molecule has 0 aliphatic heterocycles. The lowest BCUT2D eigenvalue weighted by atomic mass is 9.79. The molecule has 2 aromatic carbocycles. The molecule has 0 bridgehead atoms. The fourth-order valence-corrected chi connectivity index (χ4v) is 8.15. The van der Waals surface area contributed by atoms with Gasteiger partial charge in [-0.15, -0.1) is 10.2 Å². The molecule has 51 heavy (non-hydrogen) atoms. The van der Waals surface area contributed by atoms with Crippen LogP contribution in [0.1, 0.15) is 114 Å². The summed E-state index contributed by atoms with van der Waals surface area (Å²) in [5, 5.41) is 11.5. The van der Waals surface area contributed by atoms with Crippen molar-refractivity contribution in [2.24, 2.45) is 0 Å². The first kappa shape index (κ1) is 36.6. The molecule has 2 aromatic heterocycles. The van der Waals surface area contributed by atoms with Crippen LogP contribution in [0.3, 0.4) is 0 Å². The Morgan fingerprint density at radius 3 is 2.33 bits per heavy atom. The van der Waals surface area contributed by atoms with Crippen molar-refractivity contribution in [2.75, 3.05) is 31.2 Å². The van der Waals surface area contributed by atoms with Crippen LogP contribution >= 0.6 is 0 Å². The van der Waals surface area contributed by atoms with E-state index in [0.717, 1.165) is 42.0 Å². The lowest BCUT2D eigenvalue weighted by molar-refractivity contribution is -0.116. The Morgan fingerprint density at radius 2 is 1.67 bits per heavy atom. The van der Waals surface area contributed by atoms with Crippen LogP contribution < -0.4 is 19.5 Å². The van der Waals surface area contributed by atoms with Gasteiger partial charge in [0.1, 0.15) is 11.9 Å². The number of sulfonamides is 1. The molecular weight excluding hydrogens is 665 g/mol. The van der Waals surface area contributed by atoms with Gasteiger partial charge < -0.3 is 14.8 Å². The molecule has 1 amide bonds. The zero-order chi connectivity index (χ0) is 36.7. The van der Waals surface area contributed by atoms with Gasteiger partial charge in [-0.2, -0.15) is 0 Å². The topological polar surface area (TPSA) is 127 Å². The second-order valence-corrected chi connectivity index (χ2v) is 17.7. The summed E-state index contributed by atoms with van der Waals surface area (Å²) in [5.41, 5.74) is 4.33. The van der Waals surface area contributed by atoms with Gasteiger partial charge in [-0.1, -0.05) is 45.0 Å². The molecule has 0 saturated heterocycles. The molecule has 1 saturated carbocycles. The number of aromatic nitrogens is 3. The number of carbonyl (C=O) groups is 1. The lowest BCUT2D eigenvalue weighted by Gasteiger charge is -2.32. The number of amides is 1. The molecule has 2 atom stereocenters. The predicted octanol–water partition coefficient (Wildman–Crippen LogP) is 7.54. The molecule has 2 aliphatic carbocycles. The van der Waals surface area contributed by atoms with Crippen molar-refractivity contribution in [2.45, 2.75) is 108 Å². The van der Waals surface area contributed by atoms with Gasteiger partial charge in [0.15, 0.2) is 17.2 Å². The van der Waals surface area contributed by atoms with Gasteiger partial charge in [0.05, 0.1) is 35.5 Å². The second-order valence-electron chi connectivity index (χ2n) is 15.7. The highest BCUT2D eigenvalue weighted by atomic mass is 32.2. The molecule has 12 heteroatoms. The van der Waals surface area contributed by atoms with Gasteiger partial charge in [0.25, 0.3) is 0 Å². The van der Waals surface area contributed by atoms with Crippen molar-refractivity contribution < 1.29 is 22.7 Å². The molecule has 0 radical (unpaired) electrons. The third-order valence-corrected chi connectivity index (χ3v) is 12.3. The van der Waals surface area contributed by atoms with E-state index in [1.165, 1.54) is 18.2 Å². The Labute approximate surface area is 302 Å². The molecule has 0 unspecified atom stereocenters. The molecule has 0 spiro atoms. The number of hydrogen-bond donors (Lipinski definition) is 2. The predicted molar refractivity (Wildman–Crippen MR) is 201 cm³/mol. The minimum Gasteiger partial charge on any atom is -0.492 e. The zero-order valence-electron chi connectivity index (χ0n) is 31.1. The SMILES string of the molecule is COc1c(NC(=O)CCC[C@H]2CC[C@@H](Oc3ccc4nnc(C(C)(C)N(C)C)n4c3)c3ccccc32)cc(C(C)(C)C)cc1NS(=O)(=O)C1CC1. The van der Waals surface area contributed by atoms with Gasteiger partial charge >= 0.3 is 0 Å². The van der Waals surface area contributed by atoms with Crippen LogP contribution in [-0.4, -0.2) is 60.3 Å². The van der Waals surface area contributed by atoms with Crippen molar-refractivity contribution in [1.29, 1.82) is 0 Å². The van der Waals surface area contributed by atoms with Crippen LogP contribution in [0.15, 0.2) is 54.7 Å². The Balaban J connectivity index is 1.12. The Morgan fingerprint density at radius 1 is 0.961 bits per heavy atom. The average Bonchev–Trinajstić information content (AvgIpc) is 3.85. The van der Waals surface area contributed by atoms with Crippen molar-refractivity contribution in [3.05, 3.63) is 77.2 Å². The number of rotatable bonds is 13. The van der Waals surface area contributed by atoms with Crippen molar-refractivity contribution in [3.8, 4) is 11.5 Å². The number of nitrogens with zero attached hydrogens (tertiary/aromatic N) is 4. The number of fused-ring (bicyclic) bond motifs is 2. The van der Waals surface area contributed by atoms with Crippen LogP contribution in [0.4, 0.5) is 11.4 Å². The molecule has 11 nitrogen and oxygen atoms in total. The molecular formula is C39H52N6O5S. The van der Waals surface area contributed by atoms with Gasteiger partial charge in [-0.25, -0.2) is 8.42 Å². The largest absolute Gasteiger partial charge is 0.492 e. The maximum atomic E-state index is 13.4. The molecule has 6 rings (SSSR count). The summed E-state index contributed by atoms with van der Waals surface area (Å²) >= 11 is 0. The summed E-state index contributed by atoms with van der Waals surface area (Å²) in [6.45, 7) is 10.4. The molecule has 274 valence electrons. The van der Waals surface area contributed by atoms with E-state index < -0.39 is 10.0 Å². The monoisotopic (exact) mass is 716 g/mol. The van der Waals surface area contributed by atoms with E-state index in [9.17, 15) is 13.2 Å². The minimum absolute atomic E-state index is 0.0888. The molecule has 1 fully saturated rings. The quantitative estimate of drug-likeness (QED) is 0.145. The van der Waals surface area contributed by atoms with Crippen LogP contribution in [0.25, 0.3) is 5.65 Å².